The number of carbonyl (C=O) groups excluding carboxylic acids is 1. The summed E-state index contributed by atoms with van der Waals surface area (Å²) in [7, 11) is 0. The Bertz CT molecular complexity index is 562. The van der Waals surface area contributed by atoms with E-state index < -0.39 is 5.41 Å². The molecule has 4 nitrogen and oxygen atoms in total. The zero-order valence-electron chi connectivity index (χ0n) is 14.0. The first-order valence-electron chi connectivity index (χ1n) is 8.50. The fourth-order valence-corrected chi connectivity index (χ4v) is 3.89. The van der Waals surface area contributed by atoms with Crippen LogP contribution >= 0.6 is 24.0 Å². The summed E-state index contributed by atoms with van der Waals surface area (Å²) in [6, 6.07) is 8.21. The molecular formula is C18H26Cl2N2O2. The van der Waals surface area contributed by atoms with Crippen LogP contribution in [0.15, 0.2) is 24.3 Å². The third-order valence-electron chi connectivity index (χ3n) is 5.24. The molecule has 2 saturated heterocycles. The number of ether oxygens (including phenoxy) is 1. The zero-order valence-corrected chi connectivity index (χ0v) is 15.6. The quantitative estimate of drug-likeness (QED) is 0.856. The van der Waals surface area contributed by atoms with Gasteiger partial charge in [0.1, 0.15) is 0 Å². The fraction of sp³-hybridized carbons (Fsp3) is 0.611. The molecule has 1 amide bonds. The van der Waals surface area contributed by atoms with Crippen LogP contribution in [0.25, 0.3) is 0 Å². The van der Waals surface area contributed by atoms with E-state index in [1.54, 1.807) is 0 Å². The Balaban J connectivity index is 0.00000208. The van der Waals surface area contributed by atoms with Gasteiger partial charge in [-0.15, -0.1) is 12.4 Å². The molecule has 1 aromatic rings. The molecule has 0 saturated carbocycles. The largest absolute Gasteiger partial charge is 0.381 e. The predicted octanol–water partition coefficient (Wildman–Crippen LogP) is 3.07. The van der Waals surface area contributed by atoms with Crippen molar-refractivity contribution in [2.24, 2.45) is 0 Å². The van der Waals surface area contributed by atoms with Crippen molar-refractivity contribution in [3.05, 3.63) is 34.9 Å². The second kappa shape index (κ2) is 8.52. The van der Waals surface area contributed by atoms with E-state index in [-0.39, 0.29) is 24.4 Å². The number of nitrogens with one attached hydrogen (secondary N) is 2. The molecule has 0 radical (unpaired) electrons. The second-order valence-electron chi connectivity index (χ2n) is 6.67. The second-order valence-corrected chi connectivity index (χ2v) is 7.11. The first-order chi connectivity index (χ1) is 11.1. The van der Waals surface area contributed by atoms with Gasteiger partial charge in [0.2, 0.25) is 5.91 Å². The molecular weight excluding hydrogens is 347 g/mol. The lowest BCUT2D eigenvalue weighted by Gasteiger charge is -2.39. The number of benzene rings is 1. The maximum atomic E-state index is 13.2. The van der Waals surface area contributed by atoms with Crippen molar-refractivity contribution in [3.8, 4) is 0 Å². The standard InChI is InChI=1S/C18H25ClN2O2.ClH/c1-13-16(6-3-9-20-13)21-17(22)18(7-10-23-11-8-18)14-4-2-5-15(19)12-14;/h2,4-5,12-13,16,20H,3,6-11H2,1H3,(H,21,22);1H. The van der Waals surface area contributed by atoms with Gasteiger partial charge >= 0.3 is 0 Å². The van der Waals surface area contributed by atoms with Crippen LogP contribution in [0.1, 0.15) is 38.2 Å². The minimum absolute atomic E-state index is 0. The summed E-state index contributed by atoms with van der Waals surface area (Å²) in [5.41, 5.74) is 0.475. The maximum Gasteiger partial charge on any atom is 0.231 e. The molecule has 0 bridgehead atoms. The van der Waals surface area contributed by atoms with Gasteiger partial charge in [0.15, 0.2) is 0 Å². The summed E-state index contributed by atoms with van der Waals surface area (Å²) in [4.78, 5) is 13.2. The normalized spacial score (nSPS) is 26.2. The van der Waals surface area contributed by atoms with E-state index in [2.05, 4.69) is 17.6 Å². The summed E-state index contributed by atoms with van der Waals surface area (Å²) >= 11 is 6.17. The van der Waals surface area contributed by atoms with Crippen LogP contribution in [-0.2, 0) is 14.9 Å². The molecule has 2 N–H and O–H groups in total. The summed E-state index contributed by atoms with van der Waals surface area (Å²) in [6.07, 6.45) is 3.53. The van der Waals surface area contributed by atoms with Gasteiger partial charge in [-0.1, -0.05) is 23.7 Å². The van der Waals surface area contributed by atoms with E-state index in [0.717, 1.165) is 24.9 Å². The van der Waals surface area contributed by atoms with Crippen molar-refractivity contribution in [3.63, 3.8) is 0 Å². The highest BCUT2D eigenvalue weighted by Crippen LogP contribution is 2.36. The molecule has 24 heavy (non-hydrogen) atoms. The van der Waals surface area contributed by atoms with Gasteiger partial charge in [0.05, 0.1) is 5.41 Å². The van der Waals surface area contributed by atoms with E-state index in [1.807, 2.05) is 24.3 Å². The molecule has 2 atom stereocenters. The third-order valence-corrected chi connectivity index (χ3v) is 5.47. The van der Waals surface area contributed by atoms with Crippen molar-refractivity contribution in [1.29, 1.82) is 0 Å². The summed E-state index contributed by atoms with van der Waals surface area (Å²) in [6.45, 7) is 4.39. The number of hydrogen-bond acceptors (Lipinski definition) is 3. The van der Waals surface area contributed by atoms with Gasteiger partial charge in [-0.25, -0.2) is 0 Å². The topological polar surface area (TPSA) is 50.4 Å². The van der Waals surface area contributed by atoms with E-state index in [1.165, 1.54) is 0 Å². The average Bonchev–Trinajstić information content (AvgIpc) is 2.57. The Hall–Kier alpha value is -0.810. The SMILES string of the molecule is CC1NCCCC1NC(=O)C1(c2cccc(Cl)c2)CCOCC1.Cl. The van der Waals surface area contributed by atoms with Crippen molar-refractivity contribution in [2.75, 3.05) is 19.8 Å². The van der Waals surface area contributed by atoms with E-state index in [0.29, 0.717) is 37.1 Å². The minimum Gasteiger partial charge on any atom is -0.381 e. The number of hydrogen-bond donors (Lipinski definition) is 2. The number of halogens is 2. The smallest absolute Gasteiger partial charge is 0.231 e. The van der Waals surface area contributed by atoms with Crippen LogP contribution in [0.4, 0.5) is 0 Å². The van der Waals surface area contributed by atoms with Crippen molar-refractivity contribution in [1.82, 2.24) is 10.6 Å². The van der Waals surface area contributed by atoms with E-state index >= 15 is 0 Å². The molecule has 3 rings (SSSR count). The number of rotatable bonds is 3. The lowest BCUT2D eigenvalue weighted by molar-refractivity contribution is -0.131. The van der Waals surface area contributed by atoms with Gasteiger partial charge in [-0.05, 0) is 56.8 Å². The number of piperidine rings is 1. The van der Waals surface area contributed by atoms with Gasteiger partial charge in [0, 0.05) is 30.3 Å². The summed E-state index contributed by atoms with van der Waals surface area (Å²) in [5.74, 6) is 0.114. The molecule has 0 spiro atoms. The molecule has 0 aliphatic carbocycles. The first-order valence-corrected chi connectivity index (χ1v) is 8.88. The van der Waals surface area contributed by atoms with Gasteiger partial charge in [-0.3, -0.25) is 4.79 Å². The van der Waals surface area contributed by atoms with Crippen molar-refractivity contribution < 1.29 is 9.53 Å². The Kier molecular flexibility index (Phi) is 6.93. The molecule has 1 aromatic carbocycles. The van der Waals surface area contributed by atoms with Crippen LogP contribution in [0, 0.1) is 0 Å². The third kappa shape index (κ3) is 4.05. The van der Waals surface area contributed by atoms with Gasteiger partial charge < -0.3 is 15.4 Å². The van der Waals surface area contributed by atoms with Gasteiger partial charge in [0.25, 0.3) is 0 Å². The van der Waals surface area contributed by atoms with E-state index in [4.69, 9.17) is 16.3 Å². The Morgan fingerprint density at radius 1 is 1.38 bits per heavy atom. The number of carbonyl (C=O) groups is 1. The monoisotopic (exact) mass is 372 g/mol. The Morgan fingerprint density at radius 3 is 2.79 bits per heavy atom. The molecule has 2 fully saturated rings. The maximum absolute atomic E-state index is 13.2. The summed E-state index contributed by atoms with van der Waals surface area (Å²) in [5, 5.41) is 7.41. The predicted molar refractivity (Wildman–Crippen MR) is 99.1 cm³/mol. The van der Waals surface area contributed by atoms with Gasteiger partial charge in [-0.2, -0.15) is 0 Å². The Morgan fingerprint density at radius 2 is 2.12 bits per heavy atom. The number of amides is 1. The zero-order chi connectivity index (χ0) is 16.3. The fourth-order valence-electron chi connectivity index (χ4n) is 3.70. The van der Waals surface area contributed by atoms with Crippen LogP contribution in [0.5, 0.6) is 0 Å². The lowest BCUT2D eigenvalue weighted by atomic mass is 9.73. The molecule has 2 aliphatic rings. The van der Waals surface area contributed by atoms with Crippen LogP contribution in [0.3, 0.4) is 0 Å². The lowest BCUT2D eigenvalue weighted by Crippen LogP contribution is -2.57. The molecule has 2 unspecified atom stereocenters. The van der Waals surface area contributed by atoms with Crippen molar-refractivity contribution in [2.45, 2.75) is 50.1 Å². The minimum atomic E-state index is -0.527. The van der Waals surface area contributed by atoms with E-state index in [9.17, 15) is 4.79 Å². The van der Waals surface area contributed by atoms with Crippen LogP contribution in [0.2, 0.25) is 5.02 Å². The average molecular weight is 373 g/mol. The summed E-state index contributed by atoms with van der Waals surface area (Å²) < 4.78 is 5.51. The molecule has 2 aliphatic heterocycles. The van der Waals surface area contributed by atoms with Crippen LogP contribution < -0.4 is 10.6 Å². The molecule has 2 heterocycles. The first kappa shape index (κ1) is 19.5. The highest BCUT2D eigenvalue weighted by Gasteiger charge is 2.43. The molecule has 0 aromatic heterocycles. The Labute approximate surface area is 155 Å². The van der Waals surface area contributed by atoms with Crippen LogP contribution in [-0.4, -0.2) is 37.7 Å². The highest BCUT2D eigenvalue weighted by molar-refractivity contribution is 6.30. The molecule has 134 valence electrons. The van der Waals surface area contributed by atoms with Crippen molar-refractivity contribution >= 4 is 29.9 Å². The highest BCUT2D eigenvalue weighted by atomic mass is 35.5. The molecule has 6 heteroatoms.